The van der Waals surface area contributed by atoms with Gasteiger partial charge in [-0.3, -0.25) is 4.79 Å². The maximum atomic E-state index is 12.6. The predicted molar refractivity (Wildman–Crippen MR) is 147 cm³/mol. The van der Waals surface area contributed by atoms with Gasteiger partial charge in [0.25, 0.3) is 0 Å². The molecule has 3 rings (SSSR count). The molecule has 1 saturated carbocycles. The van der Waals surface area contributed by atoms with E-state index in [2.05, 4.69) is 6.92 Å². The number of hydrogen-bond donors (Lipinski definition) is 2. The van der Waals surface area contributed by atoms with Gasteiger partial charge in [-0.15, -0.1) is 0 Å². The molecule has 0 aromatic heterocycles. The molecular weight excluding hydrogens is 468 g/mol. The van der Waals surface area contributed by atoms with E-state index in [-0.39, 0.29) is 24.6 Å². The minimum absolute atomic E-state index is 0.0851. The first-order chi connectivity index (χ1) is 17.9. The van der Waals surface area contributed by atoms with Crippen LogP contribution < -0.4 is 16.2 Å². The number of nitrogen functional groups attached to an aromatic ring is 2. The zero-order valence-electron chi connectivity index (χ0n) is 21.8. The summed E-state index contributed by atoms with van der Waals surface area (Å²) in [4.78, 5) is 24.6. The molecule has 0 amide bonds. The van der Waals surface area contributed by atoms with Crippen LogP contribution in [-0.4, -0.2) is 31.3 Å². The molecule has 200 valence electrons. The van der Waals surface area contributed by atoms with E-state index in [1.807, 2.05) is 12.1 Å². The molecule has 7 heteroatoms. The van der Waals surface area contributed by atoms with Gasteiger partial charge in [-0.05, 0) is 79.6 Å². The van der Waals surface area contributed by atoms with Crippen LogP contribution in [0.5, 0.6) is 5.75 Å². The summed E-state index contributed by atoms with van der Waals surface area (Å²) in [5.74, 6) is -0.207. The topological polar surface area (TPSA) is 114 Å². The molecule has 0 spiro atoms. The van der Waals surface area contributed by atoms with E-state index in [9.17, 15) is 9.59 Å². The number of hydrogen-bond acceptors (Lipinski definition) is 7. The van der Waals surface area contributed by atoms with Gasteiger partial charge in [-0.25, -0.2) is 4.79 Å². The summed E-state index contributed by atoms with van der Waals surface area (Å²) in [7, 11) is 0. The second-order valence-electron chi connectivity index (χ2n) is 9.65. The summed E-state index contributed by atoms with van der Waals surface area (Å²) in [5.41, 5.74) is 14.4. The lowest BCUT2D eigenvalue weighted by molar-refractivity contribution is -0.141. The van der Waals surface area contributed by atoms with E-state index >= 15 is 0 Å². The fourth-order valence-electron chi connectivity index (χ4n) is 4.46. The molecule has 0 radical (unpaired) electrons. The van der Waals surface area contributed by atoms with Crippen molar-refractivity contribution in [3.05, 3.63) is 59.7 Å². The summed E-state index contributed by atoms with van der Waals surface area (Å²) < 4.78 is 16.8. The van der Waals surface area contributed by atoms with Gasteiger partial charge in [0.05, 0.1) is 18.6 Å². The average molecular weight is 509 g/mol. The number of anilines is 2. The van der Waals surface area contributed by atoms with Gasteiger partial charge >= 0.3 is 11.9 Å². The zero-order valence-corrected chi connectivity index (χ0v) is 21.8. The summed E-state index contributed by atoms with van der Waals surface area (Å²) in [6.07, 6.45) is 12.1. The molecule has 0 bridgehead atoms. The number of rotatable bonds is 13. The van der Waals surface area contributed by atoms with Crippen molar-refractivity contribution < 1.29 is 23.8 Å². The lowest BCUT2D eigenvalue weighted by Crippen LogP contribution is -2.29. The summed E-state index contributed by atoms with van der Waals surface area (Å²) in [6, 6.07) is 12.4. The van der Waals surface area contributed by atoms with Gasteiger partial charge in [0.2, 0.25) is 0 Å². The molecule has 0 aliphatic heterocycles. The minimum atomic E-state index is -0.437. The number of carbonyl (C=O) groups excluding carboxylic acids is 2. The standard InChI is InChI=1S/C30H40N2O5/c1-2-3-4-5-17-35-27-13-9-24(10-14-27)30(34)37-28-11-6-22(7-12-28)8-15-29(33)36-18-16-23-19-25(31)21-26(32)20-23/h6-8,11-12,15,19-21,24,27H,2-5,9-10,13-14,16-18,31-32H2,1H3/b15-8+. The van der Waals surface area contributed by atoms with Crippen molar-refractivity contribution in [1.29, 1.82) is 0 Å². The van der Waals surface area contributed by atoms with E-state index in [4.69, 9.17) is 25.7 Å². The Kier molecular flexibility index (Phi) is 11.5. The van der Waals surface area contributed by atoms with Crippen LogP contribution in [0.2, 0.25) is 0 Å². The Bertz CT molecular complexity index is 1010. The number of nitrogens with two attached hydrogens (primary N) is 2. The lowest BCUT2D eigenvalue weighted by Gasteiger charge is -2.27. The highest BCUT2D eigenvalue weighted by atomic mass is 16.5. The van der Waals surface area contributed by atoms with E-state index in [1.165, 1.54) is 25.3 Å². The van der Waals surface area contributed by atoms with E-state index in [0.29, 0.717) is 23.5 Å². The average Bonchev–Trinajstić information content (AvgIpc) is 2.88. The molecule has 2 aromatic carbocycles. The minimum Gasteiger partial charge on any atom is -0.462 e. The summed E-state index contributed by atoms with van der Waals surface area (Å²) in [6.45, 7) is 3.25. The molecular formula is C30H40N2O5. The molecule has 0 atom stereocenters. The Morgan fingerprint density at radius 3 is 2.30 bits per heavy atom. The third-order valence-electron chi connectivity index (χ3n) is 6.54. The molecule has 37 heavy (non-hydrogen) atoms. The molecule has 0 unspecified atom stereocenters. The van der Waals surface area contributed by atoms with Gasteiger partial charge < -0.3 is 25.7 Å². The van der Waals surface area contributed by atoms with Crippen LogP contribution in [0.3, 0.4) is 0 Å². The van der Waals surface area contributed by atoms with Crippen molar-refractivity contribution in [2.45, 2.75) is 70.8 Å². The monoisotopic (exact) mass is 508 g/mol. The van der Waals surface area contributed by atoms with Crippen LogP contribution in [-0.2, 0) is 25.5 Å². The van der Waals surface area contributed by atoms with Crippen molar-refractivity contribution in [3.63, 3.8) is 0 Å². The number of benzene rings is 2. The lowest BCUT2D eigenvalue weighted by atomic mass is 9.87. The molecule has 2 aromatic rings. The largest absolute Gasteiger partial charge is 0.462 e. The molecule has 0 saturated heterocycles. The summed E-state index contributed by atoms with van der Waals surface area (Å²) >= 11 is 0. The maximum absolute atomic E-state index is 12.6. The van der Waals surface area contributed by atoms with Gasteiger partial charge in [-0.2, -0.15) is 0 Å². The summed E-state index contributed by atoms with van der Waals surface area (Å²) in [5, 5.41) is 0. The second-order valence-corrected chi connectivity index (χ2v) is 9.65. The van der Waals surface area contributed by atoms with Crippen LogP contribution >= 0.6 is 0 Å². The Labute approximate surface area is 220 Å². The first-order valence-electron chi connectivity index (χ1n) is 13.4. The quantitative estimate of drug-likeness (QED) is 0.117. The van der Waals surface area contributed by atoms with Crippen LogP contribution in [0, 0.1) is 5.92 Å². The highest BCUT2D eigenvalue weighted by Gasteiger charge is 2.28. The van der Waals surface area contributed by atoms with Crippen molar-refractivity contribution in [2.75, 3.05) is 24.7 Å². The van der Waals surface area contributed by atoms with Crippen LogP contribution in [0.1, 0.15) is 69.4 Å². The number of esters is 2. The van der Waals surface area contributed by atoms with E-state index in [1.54, 1.807) is 36.4 Å². The van der Waals surface area contributed by atoms with Crippen molar-refractivity contribution in [2.24, 2.45) is 5.92 Å². The normalized spacial score (nSPS) is 17.5. The molecule has 4 N–H and O–H groups in total. The van der Waals surface area contributed by atoms with E-state index < -0.39 is 5.97 Å². The Morgan fingerprint density at radius 1 is 0.919 bits per heavy atom. The van der Waals surface area contributed by atoms with Crippen molar-refractivity contribution in [3.8, 4) is 5.75 Å². The highest BCUT2D eigenvalue weighted by molar-refractivity contribution is 5.87. The SMILES string of the molecule is CCCCCCOC1CCC(C(=O)Oc2ccc(/C=C/C(=O)OCCc3cc(N)cc(N)c3)cc2)CC1. The number of carbonyl (C=O) groups is 2. The third kappa shape index (κ3) is 10.3. The molecule has 1 fully saturated rings. The molecule has 0 heterocycles. The van der Waals surface area contributed by atoms with Gasteiger partial charge in [0.1, 0.15) is 5.75 Å². The van der Waals surface area contributed by atoms with Crippen LogP contribution in [0.15, 0.2) is 48.5 Å². The predicted octanol–water partition coefficient (Wildman–Crippen LogP) is 5.71. The Hall–Kier alpha value is -3.32. The molecule has 1 aliphatic carbocycles. The van der Waals surface area contributed by atoms with Gasteiger partial charge in [0.15, 0.2) is 0 Å². The first kappa shape index (κ1) is 28.3. The zero-order chi connectivity index (χ0) is 26.5. The van der Waals surface area contributed by atoms with Crippen LogP contribution in [0.25, 0.3) is 6.08 Å². The van der Waals surface area contributed by atoms with Gasteiger partial charge in [-0.1, -0.05) is 38.3 Å². The maximum Gasteiger partial charge on any atom is 0.330 e. The Morgan fingerprint density at radius 2 is 1.62 bits per heavy atom. The van der Waals surface area contributed by atoms with Crippen molar-refractivity contribution in [1.82, 2.24) is 0 Å². The number of unbranched alkanes of at least 4 members (excludes halogenated alkanes) is 3. The van der Waals surface area contributed by atoms with Crippen molar-refractivity contribution >= 4 is 29.4 Å². The molecule has 7 nitrogen and oxygen atoms in total. The second kappa shape index (κ2) is 15.1. The van der Waals surface area contributed by atoms with E-state index in [0.717, 1.165) is 49.8 Å². The smallest absolute Gasteiger partial charge is 0.330 e. The highest BCUT2D eigenvalue weighted by Crippen LogP contribution is 2.28. The van der Waals surface area contributed by atoms with Gasteiger partial charge in [0, 0.05) is 30.5 Å². The Balaban J connectivity index is 1.35. The fourth-order valence-corrected chi connectivity index (χ4v) is 4.46. The number of ether oxygens (including phenoxy) is 3. The first-order valence-corrected chi connectivity index (χ1v) is 13.4. The third-order valence-corrected chi connectivity index (χ3v) is 6.54. The molecule has 1 aliphatic rings. The fraction of sp³-hybridized carbons (Fsp3) is 0.467. The van der Waals surface area contributed by atoms with Crippen LogP contribution in [0.4, 0.5) is 11.4 Å².